The minimum Gasteiger partial charge on any atom is -0.382 e. The van der Waals surface area contributed by atoms with E-state index in [2.05, 4.69) is 9.97 Å². The van der Waals surface area contributed by atoms with Crippen LogP contribution in [0.15, 0.2) is 5.38 Å². The van der Waals surface area contributed by atoms with Crippen molar-refractivity contribution in [2.45, 2.75) is 13.1 Å². The summed E-state index contributed by atoms with van der Waals surface area (Å²) in [4.78, 5) is 6.70. The largest absolute Gasteiger partial charge is 0.451 e. The van der Waals surface area contributed by atoms with Gasteiger partial charge in [-0.1, -0.05) is 0 Å². The number of anilines is 1. The number of nitrogens with two attached hydrogens (primary N) is 1. The minimum atomic E-state index is -4.56. The smallest absolute Gasteiger partial charge is 0.382 e. The average molecular weight is 233 g/mol. The summed E-state index contributed by atoms with van der Waals surface area (Å²) in [5.74, 6) is -1.31. The summed E-state index contributed by atoms with van der Waals surface area (Å²) >= 11 is 1.24. The van der Waals surface area contributed by atoms with Crippen molar-refractivity contribution < 1.29 is 13.2 Å². The lowest BCUT2D eigenvalue weighted by atomic mass is 10.3. The molecule has 0 bridgehead atoms. The SMILES string of the molecule is Cc1csc2c(N)nc(C(F)(F)F)nc12. The lowest BCUT2D eigenvalue weighted by Gasteiger charge is -2.05. The molecular formula is C8H6F3N3S. The molecule has 3 nitrogen and oxygen atoms in total. The van der Waals surface area contributed by atoms with Crippen molar-refractivity contribution in [3.63, 3.8) is 0 Å². The number of thiophene rings is 1. The molecular weight excluding hydrogens is 227 g/mol. The molecule has 0 spiro atoms. The summed E-state index contributed by atoms with van der Waals surface area (Å²) in [5, 5.41) is 1.70. The van der Waals surface area contributed by atoms with Crippen LogP contribution in [0.5, 0.6) is 0 Å². The Kier molecular flexibility index (Phi) is 2.07. The van der Waals surface area contributed by atoms with Gasteiger partial charge in [-0.25, -0.2) is 9.97 Å². The molecule has 2 heterocycles. The van der Waals surface area contributed by atoms with E-state index < -0.39 is 12.0 Å². The molecule has 0 unspecified atom stereocenters. The molecule has 0 aliphatic rings. The predicted octanol–water partition coefficient (Wildman–Crippen LogP) is 2.60. The zero-order valence-electron chi connectivity index (χ0n) is 7.59. The van der Waals surface area contributed by atoms with E-state index in [1.165, 1.54) is 11.3 Å². The number of fused-ring (bicyclic) bond motifs is 1. The first-order valence-electron chi connectivity index (χ1n) is 3.98. The third kappa shape index (κ3) is 1.63. The van der Waals surface area contributed by atoms with E-state index in [0.717, 1.165) is 0 Å². The fourth-order valence-electron chi connectivity index (χ4n) is 1.18. The highest BCUT2D eigenvalue weighted by Crippen LogP contribution is 2.32. The first-order chi connectivity index (χ1) is 6.89. The summed E-state index contributed by atoms with van der Waals surface area (Å²) in [6.07, 6.45) is -4.56. The molecule has 80 valence electrons. The maximum atomic E-state index is 12.4. The number of hydrogen-bond donors (Lipinski definition) is 1. The van der Waals surface area contributed by atoms with Gasteiger partial charge in [0.1, 0.15) is 5.82 Å². The zero-order chi connectivity index (χ0) is 11.2. The number of alkyl halides is 3. The molecule has 0 fully saturated rings. The second kappa shape index (κ2) is 3.06. The molecule has 0 saturated heterocycles. The van der Waals surface area contributed by atoms with Gasteiger partial charge in [0.25, 0.3) is 0 Å². The molecule has 2 aromatic heterocycles. The fourth-order valence-corrected chi connectivity index (χ4v) is 2.07. The zero-order valence-corrected chi connectivity index (χ0v) is 8.41. The van der Waals surface area contributed by atoms with Crippen LogP contribution in [0.3, 0.4) is 0 Å². The molecule has 0 saturated carbocycles. The number of aryl methyl sites for hydroxylation is 1. The van der Waals surface area contributed by atoms with Crippen molar-refractivity contribution in [3.05, 3.63) is 16.8 Å². The Balaban J connectivity index is 2.76. The number of halogens is 3. The van der Waals surface area contributed by atoms with Gasteiger partial charge in [0.2, 0.25) is 5.82 Å². The van der Waals surface area contributed by atoms with Gasteiger partial charge in [0.05, 0.1) is 10.2 Å². The molecule has 0 aliphatic heterocycles. The van der Waals surface area contributed by atoms with Crippen LogP contribution in [0.1, 0.15) is 11.4 Å². The molecule has 2 aromatic rings. The van der Waals surface area contributed by atoms with E-state index in [9.17, 15) is 13.2 Å². The van der Waals surface area contributed by atoms with Crippen LogP contribution in [-0.4, -0.2) is 9.97 Å². The number of aromatic nitrogens is 2. The molecule has 0 amide bonds. The van der Waals surface area contributed by atoms with E-state index in [1.54, 1.807) is 12.3 Å². The van der Waals surface area contributed by atoms with Gasteiger partial charge in [-0.15, -0.1) is 11.3 Å². The Morgan fingerprint density at radius 2 is 2.00 bits per heavy atom. The minimum absolute atomic E-state index is 0.120. The standard InChI is InChI=1S/C8H6F3N3S/c1-3-2-15-5-4(3)13-7(8(9,10)11)14-6(5)12/h2H,1H3,(H2,12,13,14). The van der Waals surface area contributed by atoms with Gasteiger partial charge in [-0.2, -0.15) is 13.2 Å². The molecule has 2 N–H and O–H groups in total. The monoisotopic (exact) mass is 233 g/mol. The second-order valence-electron chi connectivity index (χ2n) is 3.03. The maximum absolute atomic E-state index is 12.4. The Morgan fingerprint density at radius 1 is 1.33 bits per heavy atom. The van der Waals surface area contributed by atoms with E-state index in [-0.39, 0.29) is 11.3 Å². The van der Waals surface area contributed by atoms with Gasteiger partial charge in [-0.3, -0.25) is 0 Å². The highest BCUT2D eigenvalue weighted by molar-refractivity contribution is 7.17. The van der Waals surface area contributed by atoms with Crippen molar-refractivity contribution >= 4 is 27.4 Å². The molecule has 0 atom stereocenters. The third-order valence-electron chi connectivity index (χ3n) is 1.87. The lowest BCUT2D eigenvalue weighted by molar-refractivity contribution is -0.144. The molecule has 7 heteroatoms. The summed E-state index contributed by atoms with van der Waals surface area (Å²) in [5.41, 5.74) is 6.38. The van der Waals surface area contributed by atoms with Gasteiger partial charge in [-0.05, 0) is 17.9 Å². The van der Waals surface area contributed by atoms with E-state index in [4.69, 9.17) is 5.73 Å². The topological polar surface area (TPSA) is 51.8 Å². The maximum Gasteiger partial charge on any atom is 0.451 e. The second-order valence-corrected chi connectivity index (χ2v) is 3.91. The van der Waals surface area contributed by atoms with Crippen LogP contribution in [0, 0.1) is 6.92 Å². The van der Waals surface area contributed by atoms with Crippen LogP contribution >= 0.6 is 11.3 Å². The van der Waals surface area contributed by atoms with E-state index >= 15 is 0 Å². The summed E-state index contributed by atoms with van der Waals surface area (Å²) in [6, 6.07) is 0. The summed E-state index contributed by atoms with van der Waals surface area (Å²) in [7, 11) is 0. The molecule has 0 aromatic carbocycles. The van der Waals surface area contributed by atoms with E-state index in [1.807, 2.05) is 0 Å². The first kappa shape index (κ1) is 10.2. The summed E-state index contributed by atoms with van der Waals surface area (Å²) in [6.45, 7) is 1.69. The first-order valence-corrected chi connectivity index (χ1v) is 4.86. The van der Waals surface area contributed by atoms with Crippen LogP contribution in [0.4, 0.5) is 19.0 Å². The predicted molar refractivity (Wildman–Crippen MR) is 51.6 cm³/mol. The number of hydrogen-bond acceptors (Lipinski definition) is 4. The Morgan fingerprint density at radius 3 is 2.60 bits per heavy atom. The van der Waals surface area contributed by atoms with E-state index in [0.29, 0.717) is 10.3 Å². The highest BCUT2D eigenvalue weighted by Gasteiger charge is 2.35. The van der Waals surface area contributed by atoms with Crippen molar-refractivity contribution in [1.82, 2.24) is 9.97 Å². The van der Waals surface area contributed by atoms with Crippen LogP contribution < -0.4 is 5.73 Å². The molecule has 2 rings (SSSR count). The van der Waals surface area contributed by atoms with Crippen LogP contribution in [0.2, 0.25) is 0 Å². The highest BCUT2D eigenvalue weighted by atomic mass is 32.1. The number of rotatable bonds is 0. The molecule has 0 radical (unpaired) electrons. The third-order valence-corrected chi connectivity index (χ3v) is 2.98. The average Bonchev–Trinajstić information content (AvgIpc) is 2.47. The van der Waals surface area contributed by atoms with Crippen molar-refractivity contribution in [2.75, 3.05) is 5.73 Å². The van der Waals surface area contributed by atoms with Crippen LogP contribution in [0.25, 0.3) is 10.2 Å². The Bertz CT molecular complexity index is 518. The van der Waals surface area contributed by atoms with Gasteiger partial charge in [0, 0.05) is 0 Å². The normalized spacial score (nSPS) is 12.3. The lowest BCUT2D eigenvalue weighted by Crippen LogP contribution is -2.12. The molecule has 15 heavy (non-hydrogen) atoms. The Hall–Kier alpha value is -1.37. The number of nitrogens with zero attached hydrogens (tertiary/aromatic N) is 2. The van der Waals surface area contributed by atoms with Gasteiger partial charge >= 0.3 is 6.18 Å². The van der Waals surface area contributed by atoms with Crippen LogP contribution in [-0.2, 0) is 6.18 Å². The fraction of sp³-hybridized carbons (Fsp3) is 0.250. The Labute approximate surface area is 86.8 Å². The summed E-state index contributed by atoms with van der Waals surface area (Å²) < 4.78 is 37.6. The number of nitrogen functional groups attached to an aromatic ring is 1. The van der Waals surface area contributed by atoms with Gasteiger partial charge in [0.15, 0.2) is 0 Å². The molecule has 0 aliphatic carbocycles. The van der Waals surface area contributed by atoms with Crippen molar-refractivity contribution in [2.24, 2.45) is 0 Å². The quantitative estimate of drug-likeness (QED) is 0.760. The van der Waals surface area contributed by atoms with Gasteiger partial charge < -0.3 is 5.73 Å². The van der Waals surface area contributed by atoms with Crippen molar-refractivity contribution in [3.8, 4) is 0 Å². The van der Waals surface area contributed by atoms with Crippen molar-refractivity contribution in [1.29, 1.82) is 0 Å².